The third kappa shape index (κ3) is 4.60. The average molecular weight is 436 g/mol. The molecular weight excluding hydrogens is 413 g/mol. The van der Waals surface area contributed by atoms with Crippen LogP contribution in [0.4, 0.5) is 0 Å². The fourth-order valence-corrected chi connectivity index (χ4v) is 3.43. The molecule has 0 aliphatic carbocycles. The molecule has 2 aromatic heterocycles. The van der Waals surface area contributed by atoms with Crippen LogP contribution in [-0.4, -0.2) is 27.6 Å². The van der Waals surface area contributed by atoms with Crippen LogP contribution in [-0.2, 0) is 19.7 Å². The lowest BCUT2D eigenvalue weighted by atomic mass is 10.2. The van der Waals surface area contributed by atoms with Crippen molar-refractivity contribution in [1.82, 2.24) is 14.7 Å². The van der Waals surface area contributed by atoms with Crippen molar-refractivity contribution in [3.8, 4) is 5.75 Å². The Kier molecular flexibility index (Phi) is 6.55. The van der Waals surface area contributed by atoms with Gasteiger partial charge in [0.05, 0.1) is 10.7 Å². The molecule has 0 aliphatic rings. The van der Waals surface area contributed by atoms with Crippen molar-refractivity contribution in [3.63, 3.8) is 0 Å². The highest BCUT2D eigenvalue weighted by Crippen LogP contribution is 2.32. The largest absolute Gasteiger partial charge is 0.484 e. The van der Waals surface area contributed by atoms with E-state index in [0.29, 0.717) is 28.1 Å². The monoisotopic (exact) mass is 435 g/mol. The number of nitrogens with zero attached hydrogens (tertiary/aromatic N) is 3. The number of aryl methyl sites for hydroxylation is 2. The molecule has 3 aromatic rings. The number of hydrogen-bond acceptors (Lipinski definition) is 4. The summed E-state index contributed by atoms with van der Waals surface area (Å²) in [4.78, 5) is 14.4. The van der Waals surface area contributed by atoms with Crippen molar-refractivity contribution in [3.05, 3.63) is 68.8 Å². The molecule has 0 radical (unpaired) electrons. The summed E-state index contributed by atoms with van der Waals surface area (Å²) in [5, 5.41) is 5.26. The van der Waals surface area contributed by atoms with Gasteiger partial charge in [0.15, 0.2) is 5.76 Å². The van der Waals surface area contributed by atoms with Crippen LogP contribution in [0.3, 0.4) is 0 Å². The van der Waals surface area contributed by atoms with E-state index in [-0.39, 0.29) is 18.3 Å². The van der Waals surface area contributed by atoms with E-state index in [0.717, 1.165) is 23.5 Å². The number of aromatic nitrogens is 2. The number of halogens is 2. The van der Waals surface area contributed by atoms with Crippen molar-refractivity contribution >= 4 is 29.1 Å². The number of benzene rings is 1. The predicted octanol–water partition coefficient (Wildman–Crippen LogP) is 5.27. The summed E-state index contributed by atoms with van der Waals surface area (Å²) in [6, 6.07) is 8.51. The Hall–Kier alpha value is -2.44. The molecule has 0 atom stereocenters. The minimum absolute atomic E-state index is 0.137. The third-order valence-corrected chi connectivity index (χ3v) is 5.53. The number of carbonyl (C=O) groups is 1. The summed E-state index contributed by atoms with van der Waals surface area (Å²) in [6.07, 6.45) is 0. The topological polar surface area (TPSA) is 60.5 Å². The van der Waals surface area contributed by atoms with Crippen LogP contribution in [0.15, 0.2) is 34.7 Å². The zero-order valence-electron chi connectivity index (χ0n) is 16.8. The molecule has 0 saturated carbocycles. The Morgan fingerprint density at radius 3 is 2.69 bits per heavy atom. The van der Waals surface area contributed by atoms with Crippen LogP contribution in [0.1, 0.15) is 40.2 Å². The van der Waals surface area contributed by atoms with E-state index >= 15 is 0 Å². The predicted molar refractivity (Wildman–Crippen MR) is 113 cm³/mol. The minimum atomic E-state index is -0.208. The van der Waals surface area contributed by atoms with Gasteiger partial charge >= 0.3 is 0 Å². The second-order valence-electron chi connectivity index (χ2n) is 6.73. The summed E-state index contributed by atoms with van der Waals surface area (Å²) < 4.78 is 13.3. The van der Waals surface area contributed by atoms with Gasteiger partial charge in [-0.05, 0) is 45.0 Å². The van der Waals surface area contributed by atoms with Crippen molar-refractivity contribution in [1.29, 1.82) is 0 Å². The number of carbonyl (C=O) groups excluding carboxylic acids is 1. The van der Waals surface area contributed by atoms with Crippen molar-refractivity contribution in [2.75, 3.05) is 7.05 Å². The second kappa shape index (κ2) is 8.93. The molecule has 0 fully saturated rings. The number of amides is 1. The molecule has 8 heteroatoms. The molecule has 0 N–H and O–H groups in total. The zero-order valence-corrected chi connectivity index (χ0v) is 18.3. The lowest BCUT2D eigenvalue weighted by Gasteiger charge is -2.16. The van der Waals surface area contributed by atoms with E-state index in [9.17, 15) is 4.79 Å². The van der Waals surface area contributed by atoms with E-state index in [1.165, 1.54) is 0 Å². The molecule has 1 amide bonds. The lowest BCUT2D eigenvalue weighted by Crippen LogP contribution is -2.26. The van der Waals surface area contributed by atoms with Crippen LogP contribution < -0.4 is 4.74 Å². The first-order valence-electron chi connectivity index (χ1n) is 9.25. The Bertz CT molecular complexity index is 1030. The quantitative estimate of drug-likeness (QED) is 0.506. The Morgan fingerprint density at radius 1 is 1.24 bits per heavy atom. The standard InChI is InChI=1S/C21H23Cl2N3O3/c1-5-26-14(3)16(13(2)24-26)11-25(4)21(27)19-10-9-15(29-19)12-28-18-8-6-7-17(22)20(18)23/h6-10H,5,11-12H2,1-4H3. The fourth-order valence-electron chi connectivity index (χ4n) is 3.08. The molecule has 29 heavy (non-hydrogen) atoms. The normalized spacial score (nSPS) is 11.0. The molecule has 0 spiro atoms. The van der Waals surface area contributed by atoms with Crippen molar-refractivity contribution in [2.45, 2.75) is 40.5 Å². The van der Waals surface area contributed by atoms with E-state index in [1.54, 1.807) is 42.3 Å². The minimum Gasteiger partial charge on any atom is -0.484 e. The first-order valence-corrected chi connectivity index (χ1v) is 10.0. The molecule has 1 aromatic carbocycles. The van der Waals surface area contributed by atoms with Gasteiger partial charge in [0.25, 0.3) is 5.91 Å². The third-order valence-electron chi connectivity index (χ3n) is 4.73. The highest BCUT2D eigenvalue weighted by molar-refractivity contribution is 6.42. The van der Waals surface area contributed by atoms with Gasteiger partial charge in [-0.15, -0.1) is 0 Å². The molecular formula is C21H23Cl2N3O3. The molecule has 0 aliphatic heterocycles. The van der Waals surface area contributed by atoms with Crippen LogP contribution >= 0.6 is 23.2 Å². The van der Waals surface area contributed by atoms with E-state index in [1.807, 2.05) is 25.5 Å². The molecule has 0 bridgehead atoms. The Labute approximate surface area is 180 Å². The van der Waals surface area contributed by atoms with Crippen molar-refractivity contribution < 1.29 is 13.9 Å². The van der Waals surface area contributed by atoms with E-state index < -0.39 is 0 Å². The van der Waals surface area contributed by atoms with Gasteiger partial charge in [-0.3, -0.25) is 9.48 Å². The highest BCUT2D eigenvalue weighted by atomic mass is 35.5. The maximum atomic E-state index is 12.8. The lowest BCUT2D eigenvalue weighted by molar-refractivity contribution is 0.0749. The highest BCUT2D eigenvalue weighted by Gasteiger charge is 2.20. The van der Waals surface area contributed by atoms with Gasteiger partial charge in [0.2, 0.25) is 0 Å². The summed E-state index contributed by atoms with van der Waals surface area (Å²) >= 11 is 12.1. The first kappa shape index (κ1) is 21.3. The summed E-state index contributed by atoms with van der Waals surface area (Å²) in [5.41, 5.74) is 3.04. The smallest absolute Gasteiger partial charge is 0.289 e. The van der Waals surface area contributed by atoms with Gasteiger partial charge in [0.1, 0.15) is 23.1 Å². The number of ether oxygens (including phenoxy) is 1. The van der Waals surface area contributed by atoms with Crippen LogP contribution in [0.5, 0.6) is 5.75 Å². The zero-order chi connectivity index (χ0) is 21.1. The van der Waals surface area contributed by atoms with Crippen LogP contribution in [0.2, 0.25) is 10.0 Å². The number of rotatable bonds is 7. The van der Waals surface area contributed by atoms with Gasteiger partial charge in [-0.25, -0.2) is 0 Å². The SMILES string of the molecule is CCn1nc(C)c(CN(C)C(=O)c2ccc(COc3cccc(Cl)c3Cl)o2)c1C. The fraction of sp³-hybridized carbons (Fsp3) is 0.333. The summed E-state index contributed by atoms with van der Waals surface area (Å²) in [5.74, 6) is 1.02. The maximum absolute atomic E-state index is 12.8. The Balaban J connectivity index is 1.65. The molecule has 3 rings (SSSR count). The van der Waals surface area contributed by atoms with Crippen molar-refractivity contribution in [2.24, 2.45) is 0 Å². The van der Waals surface area contributed by atoms with Gasteiger partial charge in [0, 0.05) is 31.4 Å². The van der Waals surface area contributed by atoms with Crippen LogP contribution in [0, 0.1) is 13.8 Å². The summed E-state index contributed by atoms with van der Waals surface area (Å²) in [7, 11) is 1.74. The molecule has 0 unspecified atom stereocenters. The van der Waals surface area contributed by atoms with Gasteiger partial charge < -0.3 is 14.1 Å². The van der Waals surface area contributed by atoms with Gasteiger partial charge in [-0.1, -0.05) is 29.3 Å². The molecule has 2 heterocycles. The van der Waals surface area contributed by atoms with E-state index in [4.69, 9.17) is 32.4 Å². The average Bonchev–Trinajstić information content (AvgIpc) is 3.28. The first-order chi connectivity index (χ1) is 13.8. The number of furan rings is 1. The number of hydrogen-bond donors (Lipinski definition) is 0. The molecule has 154 valence electrons. The molecule has 6 nitrogen and oxygen atoms in total. The Morgan fingerprint density at radius 2 is 2.00 bits per heavy atom. The van der Waals surface area contributed by atoms with Crippen LogP contribution in [0.25, 0.3) is 0 Å². The maximum Gasteiger partial charge on any atom is 0.289 e. The second-order valence-corrected chi connectivity index (χ2v) is 7.52. The summed E-state index contributed by atoms with van der Waals surface area (Å²) in [6.45, 7) is 7.40. The molecule has 0 saturated heterocycles. The van der Waals surface area contributed by atoms with Gasteiger partial charge in [-0.2, -0.15) is 5.10 Å². The van der Waals surface area contributed by atoms with E-state index in [2.05, 4.69) is 5.10 Å².